The predicted molar refractivity (Wildman–Crippen MR) is 110 cm³/mol. The summed E-state index contributed by atoms with van der Waals surface area (Å²) in [5, 5.41) is 0.265. The highest BCUT2D eigenvalue weighted by Gasteiger charge is 2.39. The maximum absolute atomic E-state index is 13.5. The highest BCUT2D eigenvalue weighted by Crippen LogP contribution is 2.38. The maximum Gasteiger partial charge on any atom is 0.399 e. The Morgan fingerprint density at radius 1 is 0.903 bits per heavy atom. The van der Waals surface area contributed by atoms with Crippen molar-refractivity contribution in [1.29, 1.82) is 0 Å². The SMILES string of the molecule is O=C(CCc1ccc(/C=C/C(c2ccc(Cl)c(Cl)c2)C(F)(F)F)cc1Cl)CC(F)(F)F. The van der Waals surface area contributed by atoms with Crippen molar-refractivity contribution < 1.29 is 31.1 Å². The second kappa shape index (κ2) is 10.3. The number of halogens is 9. The number of allylic oxidation sites excluding steroid dienone is 1. The van der Waals surface area contributed by atoms with Gasteiger partial charge >= 0.3 is 12.4 Å². The molecule has 0 bridgehead atoms. The van der Waals surface area contributed by atoms with E-state index in [0.29, 0.717) is 11.1 Å². The molecule has 0 spiro atoms. The van der Waals surface area contributed by atoms with Crippen LogP contribution in [0.1, 0.15) is 35.4 Å². The van der Waals surface area contributed by atoms with Crippen LogP contribution in [0.5, 0.6) is 0 Å². The van der Waals surface area contributed by atoms with Crippen molar-refractivity contribution >= 4 is 46.7 Å². The lowest BCUT2D eigenvalue weighted by atomic mass is 9.96. The molecular formula is C21H15Cl3F6O. The molecule has 2 aromatic carbocycles. The van der Waals surface area contributed by atoms with Gasteiger partial charge in [0.25, 0.3) is 0 Å². The number of carbonyl (C=O) groups excluding carboxylic acids is 1. The molecule has 0 saturated heterocycles. The zero-order chi connectivity index (χ0) is 23.4. The van der Waals surface area contributed by atoms with Crippen LogP contribution < -0.4 is 0 Å². The van der Waals surface area contributed by atoms with Gasteiger partial charge in [-0.15, -0.1) is 0 Å². The fraction of sp³-hybridized carbons (Fsp3) is 0.286. The zero-order valence-electron chi connectivity index (χ0n) is 15.6. The lowest BCUT2D eigenvalue weighted by Crippen LogP contribution is -2.18. The van der Waals surface area contributed by atoms with Gasteiger partial charge in [0.2, 0.25) is 0 Å². The number of ketones is 1. The number of aryl methyl sites for hydroxylation is 1. The zero-order valence-corrected chi connectivity index (χ0v) is 17.9. The van der Waals surface area contributed by atoms with Crippen molar-refractivity contribution in [3.05, 3.63) is 74.2 Å². The van der Waals surface area contributed by atoms with Gasteiger partial charge in [0.1, 0.15) is 12.2 Å². The third-order valence-corrected chi connectivity index (χ3v) is 5.38. The van der Waals surface area contributed by atoms with Gasteiger partial charge in [0, 0.05) is 11.4 Å². The van der Waals surface area contributed by atoms with Crippen molar-refractivity contribution in [2.24, 2.45) is 0 Å². The molecule has 0 saturated carbocycles. The van der Waals surface area contributed by atoms with E-state index in [9.17, 15) is 31.1 Å². The van der Waals surface area contributed by atoms with Gasteiger partial charge in [-0.3, -0.25) is 4.79 Å². The van der Waals surface area contributed by atoms with Crippen molar-refractivity contribution in [2.75, 3.05) is 0 Å². The van der Waals surface area contributed by atoms with Crippen LogP contribution in [-0.4, -0.2) is 18.1 Å². The number of hydrogen-bond donors (Lipinski definition) is 0. The van der Waals surface area contributed by atoms with E-state index in [2.05, 4.69) is 0 Å². The predicted octanol–water partition coefficient (Wildman–Crippen LogP) is 8.46. The monoisotopic (exact) mass is 502 g/mol. The minimum atomic E-state index is -4.59. The number of benzene rings is 2. The van der Waals surface area contributed by atoms with Gasteiger partial charge in [-0.1, -0.05) is 65.2 Å². The Kier molecular flexibility index (Phi) is 8.47. The van der Waals surface area contributed by atoms with Crippen molar-refractivity contribution in [2.45, 2.75) is 37.5 Å². The molecular weight excluding hydrogens is 489 g/mol. The van der Waals surface area contributed by atoms with Crippen LogP contribution >= 0.6 is 34.8 Å². The summed E-state index contributed by atoms with van der Waals surface area (Å²) in [6, 6.07) is 7.95. The molecule has 0 amide bonds. The molecule has 0 heterocycles. The summed E-state index contributed by atoms with van der Waals surface area (Å²) in [4.78, 5) is 11.4. The summed E-state index contributed by atoms with van der Waals surface area (Å²) < 4.78 is 77.2. The number of alkyl halides is 6. The third-order valence-electron chi connectivity index (χ3n) is 4.28. The molecule has 168 valence electrons. The molecule has 0 aliphatic rings. The van der Waals surface area contributed by atoms with Crippen molar-refractivity contribution in [3.8, 4) is 0 Å². The summed E-state index contributed by atoms with van der Waals surface area (Å²) in [5.74, 6) is -2.91. The fourth-order valence-electron chi connectivity index (χ4n) is 2.78. The van der Waals surface area contributed by atoms with Gasteiger partial charge in [0.15, 0.2) is 0 Å². The lowest BCUT2D eigenvalue weighted by Gasteiger charge is -2.18. The van der Waals surface area contributed by atoms with E-state index in [1.807, 2.05) is 0 Å². The lowest BCUT2D eigenvalue weighted by molar-refractivity contribution is -0.152. The first-order valence-electron chi connectivity index (χ1n) is 8.83. The molecule has 0 aromatic heterocycles. The Morgan fingerprint density at radius 3 is 2.13 bits per heavy atom. The molecule has 0 N–H and O–H groups in total. The van der Waals surface area contributed by atoms with Crippen LogP contribution in [-0.2, 0) is 11.2 Å². The molecule has 0 aliphatic heterocycles. The molecule has 0 aliphatic carbocycles. The van der Waals surface area contributed by atoms with E-state index in [-0.39, 0.29) is 33.5 Å². The Balaban J connectivity index is 2.16. The Hall–Kier alpha value is -1.70. The molecule has 0 fully saturated rings. The number of Topliss-reactive ketones (excluding diaryl/α,β-unsaturated/α-hetero) is 1. The van der Waals surface area contributed by atoms with E-state index in [1.165, 1.54) is 36.4 Å². The van der Waals surface area contributed by atoms with Crippen LogP contribution in [0.15, 0.2) is 42.5 Å². The van der Waals surface area contributed by atoms with E-state index < -0.39 is 30.5 Å². The summed E-state index contributed by atoms with van der Waals surface area (Å²) in [6.07, 6.45) is -8.86. The highest BCUT2D eigenvalue weighted by molar-refractivity contribution is 6.42. The second-order valence-corrected chi connectivity index (χ2v) is 7.96. The molecule has 1 nitrogen and oxygen atoms in total. The molecule has 2 rings (SSSR count). The third kappa shape index (κ3) is 8.05. The Bertz CT molecular complexity index is 967. The van der Waals surface area contributed by atoms with Gasteiger partial charge in [-0.25, -0.2) is 0 Å². The summed E-state index contributed by atoms with van der Waals surface area (Å²) >= 11 is 17.7. The van der Waals surface area contributed by atoms with E-state index in [1.54, 1.807) is 0 Å². The fourth-order valence-corrected chi connectivity index (χ4v) is 3.37. The number of hydrogen-bond acceptors (Lipinski definition) is 1. The summed E-state index contributed by atoms with van der Waals surface area (Å²) in [7, 11) is 0. The topological polar surface area (TPSA) is 17.1 Å². The molecule has 10 heteroatoms. The number of carbonyl (C=O) groups is 1. The summed E-state index contributed by atoms with van der Waals surface area (Å²) in [5.41, 5.74) is 0.680. The van der Waals surface area contributed by atoms with E-state index >= 15 is 0 Å². The van der Waals surface area contributed by atoms with Gasteiger partial charge in [0.05, 0.1) is 16.0 Å². The Labute approximate surface area is 189 Å². The maximum atomic E-state index is 13.5. The minimum Gasteiger partial charge on any atom is -0.299 e. The molecule has 2 aromatic rings. The van der Waals surface area contributed by atoms with Gasteiger partial charge in [-0.2, -0.15) is 26.3 Å². The van der Waals surface area contributed by atoms with Crippen LogP contribution in [0, 0.1) is 0 Å². The Morgan fingerprint density at radius 2 is 1.58 bits per heavy atom. The molecule has 1 atom stereocenters. The second-order valence-electron chi connectivity index (χ2n) is 6.73. The van der Waals surface area contributed by atoms with Gasteiger partial charge < -0.3 is 0 Å². The minimum absolute atomic E-state index is 0.00529. The van der Waals surface area contributed by atoms with Crippen molar-refractivity contribution in [1.82, 2.24) is 0 Å². The first kappa shape index (κ1) is 25.6. The molecule has 1 unspecified atom stereocenters. The average Bonchev–Trinajstić information content (AvgIpc) is 2.61. The normalized spacial score (nSPS) is 13.6. The molecule has 31 heavy (non-hydrogen) atoms. The van der Waals surface area contributed by atoms with Crippen molar-refractivity contribution in [3.63, 3.8) is 0 Å². The van der Waals surface area contributed by atoms with Crippen LogP contribution in [0.25, 0.3) is 6.08 Å². The average molecular weight is 504 g/mol. The highest BCUT2D eigenvalue weighted by atomic mass is 35.5. The first-order valence-corrected chi connectivity index (χ1v) is 9.96. The van der Waals surface area contributed by atoms with E-state index in [4.69, 9.17) is 34.8 Å². The summed E-state index contributed by atoms with van der Waals surface area (Å²) in [6.45, 7) is 0. The number of rotatable bonds is 7. The van der Waals surface area contributed by atoms with Crippen LogP contribution in [0.2, 0.25) is 15.1 Å². The standard InChI is InChI=1S/C21H15Cl3F6O/c22-17-8-5-14(10-19(17)24)16(21(28,29)30)7-2-12-1-3-13(18(23)9-12)4-6-15(31)11-20(25,26)27/h1-3,5,7-10,16H,4,6,11H2/b7-2+. The quantitative estimate of drug-likeness (QED) is 0.346. The van der Waals surface area contributed by atoms with E-state index in [0.717, 1.165) is 12.1 Å². The largest absolute Gasteiger partial charge is 0.399 e. The van der Waals surface area contributed by atoms with Crippen LogP contribution in [0.3, 0.4) is 0 Å². The van der Waals surface area contributed by atoms with Gasteiger partial charge in [-0.05, 0) is 41.3 Å². The smallest absolute Gasteiger partial charge is 0.299 e. The molecule has 0 radical (unpaired) electrons. The van der Waals surface area contributed by atoms with Crippen LogP contribution in [0.4, 0.5) is 26.3 Å². The first-order chi connectivity index (χ1) is 14.3.